The van der Waals surface area contributed by atoms with Crippen molar-refractivity contribution in [3.8, 4) is 0 Å². The maximum Gasteiger partial charge on any atom is 0.331 e. The number of ether oxygens (including phenoxy) is 1. The topological polar surface area (TPSA) is 90.1 Å². The van der Waals surface area contributed by atoms with E-state index in [1.165, 1.54) is 4.68 Å². The summed E-state index contributed by atoms with van der Waals surface area (Å²) in [5, 5.41) is 21.3. The van der Waals surface area contributed by atoms with Gasteiger partial charge in [0.05, 0.1) is 0 Å². The van der Waals surface area contributed by atoms with Gasteiger partial charge in [-0.15, -0.1) is 5.10 Å². The number of tetrazole rings is 1. The molecule has 106 valence electrons. The predicted octanol–water partition coefficient (Wildman–Crippen LogP) is 1.17. The van der Waals surface area contributed by atoms with E-state index in [-0.39, 0.29) is 5.92 Å². The van der Waals surface area contributed by atoms with E-state index in [0.717, 1.165) is 12.8 Å². The zero-order valence-corrected chi connectivity index (χ0v) is 11.4. The van der Waals surface area contributed by atoms with Gasteiger partial charge in [-0.1, -0.05) is 13.8 Å². The maximum atomic E-state index is 11.7. The summed E-state index contributed by atoms with van der Waals surface area (Å²) >= 11 is 0. The minimum absolute atomic E-state index is 0.181. The summed E-state index contributed by atoms with van der Waals surface area (Å²) in [5.74, 6) is -0.0203. The van der Waals surface area contributed by atoms with E-state index in [1.807, 2.05) is 13.8 Å². The van der Waals surface area contributed by atoms with E-state index in [0.29, 0.717) is 31.9 Å². The second kappa shape index (κ2) is 5.64. The average Bonchev–Trinajstić information content (AvgIpc) is 2.91. The Morgan fingerprint density at radius 3 is 2.58 bits per heavy atom. The van der Waals surface area contributed by atoms with Gasteiger partial charge in [-0.05, 0) is 36.1 Å². The zero-order chi connectivity index (χ0) is 13.9. The van der Waals surface area contributed by atoms with E-state index in [2.05, 4.69) is 15.5 Å². The molecule has 1 N–H and O–H groups in total. The number of rotatable bonds is 5. The van der Waals surface area contributed by atoms with Gasteiger partial charge in [-0.2, -0.15) is 0 Å². The van der Waals surface area contributed by atoms with Gasteiger partial charge in [-0.3, -0.25) is 0 Å². The first-order chi connectivity index (χ1) is 9.15. The fourth-order valence-corrected chi connectivity index (χ4v) is 2.65. The highest BCUT2D eigenvalue weighted by atomic mass is 16.5. The van der Waals surface area contributed by atoms with Crippen molar-refractivity contribution in [2.75, 3.05) is 13.2 Å². The second-order valence-electron chi connectivity index (χ2n) is 4.88. The molecule has 0 aromatic carbocycles. The van der Waals surface area contributed by atoms with Crippen LogP contribution >= 0.6 is 0 Å². The highest BCUT2D eigenvalue weighted by Gasteiger charge is 2.41. The highest BCUT2D eigenvalue weighted by Crippen LogP contribution is 2.31. The van der Waals surface area contributed by atoms with Crippen molar-refractivity contribution in [2.24, 2.45) is 0 Å². The van der Waals surface area contributed by atoms with Gasteiger partial charge in [0, 0.05) is 19.1 Å². The number of aromatic nitrogens is 4. The molecular formula is C12H20N4O3. The summed E-state index contributed by atoms with van der Waals surface area (Å²) in [4.78, 5) is 11.7. The third-order valence-electron chi connectivity index (χ3n) is 4.05. The van der Waals surface area contributed by atoms with Gasteiger partial charge in [0.15, 0.2) is 11.4 Å². The first kappa shape index (κ1) is 13.9. The van der Waals surface area contributed by atoms with Gasteiger partial charge in [0.2, 0.25) is 0 Å². The molecule has 19 heavy (non-hydrogen) atoms. The van der Waals surface area contributed by atoms with Crippen LogP contribution in [0.2, 0.25) is 0 Å². The van der Waals surface area contributed by atoms with E-state index in [9.17, 15) is 9.90 Å². The lowest BCUT2D eigenvalue weighted by atomic mass is 9.91. The monoisotopic (exact) mass is 268 g/mol. The molecule has 1 aromatic heterocycles. The van der Waals surface area contributed by atoms with Gasteiger partial charge in [0.1, 0.15) is 0 Å². The molecule has 1 saturated heterocycles. The summed E-state index contributed by atoms with van der Waals surface area (Å²) < 4.78 is 6.85. The van der Waals surface area contributed by atoms with Crippen LogP contribution in [0.15, 0.2) is 0 Å². The Balaban J connectivity index is 2.38. The van der Waals surface area contributed by atoms with Crippen molar-refractivity contribution in [1.82, 2.24) is 20.2 Å². The summed E-state index contributed by atoms with van der Waals surface area (Å²) in [5.41, 5.74) is -1.04. The molecule has 2 heterocycles. The fourth-order valence-electron chi connectivity index (χ4n) is 2.65. The predicted molar refractivity (Wildman–Crippen MR) is 66.8 cm³/mol. The van der Waals surface area contributed by atoms with Crippen LogP contribution in [-0.4, -0.2) is 44.5 Å². The minimum atomic E-state index is -1.04. The van der Waals surface area contributed by atoms with Crippen molar-refractivity contribution in [3.63, 3.8) is 0 Å². The number of carbonyl (C=O) groups is 1. The molecule has 0 aliphatic carbocycles. The number of carboxylic acids is 1. The van der Waals surface area contributed by atoms with E-state index in [1.54, 1.807) is 0 Å². The Bertz CT molecular complexity index is 436. The average molecular weight is 268 g/mol. The first-order valence-corrected chi connectivity index (χ1v) is 6.75. The number of aliphatic carboxylic acids is 1. The molecule has 1 fully saturated rings. The molecule has 0 atom stereocenters. The lowest BCUT2D eigenvalue weighted by Crippen LogP contribution is -2.43. The normalized spacial score (nSPS) is 17.6. The highest BCUT2D eigenvalue weighted by molar-refractivity contribution is 5.76. The second-order valence-corrected chi connectivity index (χ2v) is 4.88. The van der Waals surface area contributed by atoms with E-state index in [4.69, 9.17) is 4.74 Å². The summed E-state index contributed by atoms with van der Waals surface area (Å²) in [6, 6.07) is 0. The molecule has 0 saturated carbocycles. The molecule has 0 bridgehead atoms. The Kier molecular flexibility index (Phi) is 4.14. The molecule has 0 radical (unpaired) electrons. The zero-order valence-electron chi connectivity index (χ0n) is 11.4. The fraction of sp³-hybridized carbons (Fsp3) is 0.833. The smallest absolute Gasteiger partial charge is 0.331 e. The Morgan fingerprint density at radius 1 is 1.42 bits per heavy atom. The molecule has 7 nitrogen and oxygen atoms in total. The van der Waals surface area contributed by atoms with Crippen LogP contribution in [0.4, 0.5) is 0 Å². The molecule has 0 unspecified atom stereocenters. The Labute approximate surface area is 111 Å². The van der Waals surface area contributed by atoms with Crippen LogP contribution in [0, 0.1) is 0 Å². The lowest BCUT2D eigenvalue weighted by molar-refractivity contribution is -0.149. The van der Waals surface area contributed by atoms with Crippen LogP contribution in [0.1, 0.15) is 51.3 Å². The number of carboxylic acid groups (broad SMARTS) is 1. The van der Waals surface area contributed by atoms with Gasteiger partial charge < -0.3 is 9.84 Å². The van der Waals surface area contributed by atoms with Crippen molar-refractivity contribution in [2.45, 2.75) is 51.0 Å². The van der Waals surface area contributed by atoms with Crippen LogP contribution < -0.4 is 0 Å². The van der Waals surface area contributed by atoms with Gasteiger partial charge in [-0.25, -0.2) is 9.48 Å². The molecule has 0 spiro atoms. The molecule has 2 rings (SSSR count). The number of hydrogen-bond acceptors (Lipinski definition) is 5. The summed E-state index contributed by atoms with van der Waals surface area (Å²) in [6.07, 6.45) is 2.59. The molecule has 7 heteroatoms. The summed E-state index contributed by atoms with van der Waals surface area (Å²) in [6.45, 7) is 5.06. The quantitative estimate of drug-likeness (QED) is 0.862. The Hall–Kier alpha value is -1.50. The number of nitrogens with zero attached hydrogens (tertiary/aromatic N) is 4. The van der Waals surface area contributed by atoms with Crippen molar-refractivity contribution in [3.05, 3.63) is 5.82 Å². The lowest BCUT2D eigenvalue weighted by Gasteiger charge is -2.30. The molecule has 1 aliphatic rings. The van der Waals surface area contributed by atoms with Crippen molar-refractivity contribution < 1.29 is 14.6 Å². The van der Waals surface area contributed by atoms with Crippen LogP contribution in [0.25, 0.3) is 0 Å². The van der Waals surface area contributed by atoms with Gasteiger partial charge >= 0.3 is 5.97 Å². The SMILES string of the molecule is CCC(CC)(C(=O)O)n1nnnc1C1CCOCC1. The third-order valence-corrected chi connectivity index (χ3v) is 4.05. The standard InChI is InChI=1S/C12H20N4O3/c1-3-12(4-2,11(17)18)16-10(13-14-15-16)9-5-7-19-8-6-9/h9H,3-8H2,1-2H3,(H,17,18). The minimum Gasteiger partial charge on any atom is -0.479 e. The molecule has 0 amide bonds. The van der Waals surface area contributed by atoms with Crippen molar-refractivity contribution in [1.29, 1.82) is 0 Å². The van der Waals surface area contributed by atoms with Crippen LogP contribution in [-0.2, 0) is 15.1 Å². The van der Waals surface area contributed by atoms with E-state index >= 15 is 0 Å². The maximum absolute atomic E-state index is 11.7. The summed E-state index contributed by atoms with van der Waals surface area (Å²) in [7, 11) is 0. The van der Waals surface area contributed by atoms with Crippen molar-refractivity contribution >= 4 is 5.97 Å². The molecule has 1 aromatic rings. The van der Waals surface area contributed by atoms with Gasteiger partial charge in [0.25, 0.3) is 0 Å². The third kappa shape index (κ3) is 2.34. The van der Waals surface area contributed by atoms with Crippen LogP contribution in [0.3, 0.4) is 0 Å². The molecular weight excluding hydrogens is 248 g/mol. The number of hydrogen-bond donors (Lipinski definition) is 1. The molecule has 1 aliphatic heterocycles. The first-order valence-electron chi connectivity index (χ1n) is 6.75. The van der Waals surface area contributed by atoms with E-state index < -0.39 is 11.5 Å². The largest absolute Gasteiger partial charge is 0.479 e. The van der Waals surface area contributed by atoms with Crippen LogP contribution in [0.5, 0.6) is 0 Å². The Morgan fingerprint density at radius 2 is 2.05 bits per heavy atom.